The molecule has 4 heterocycles. The maximum absolute atomic E-state index is 9.78. The molecule has 0 aliphatic carbocycles. The molecule has 0 saturated carbocycles. The number of nitrogens with zero attached hydrogens (tertiary/aromatic N) is 5. The summed E-state index contributed by atoms with van der Waals surface area (Å²) >= 11 is 5.65. The van der Waals surface area contributed by atoms with E-state index < -0.39 is 5.25 Å². The lowest BCUT2D eigenvalue weighted by Gasteiger charge is -2.29. The molecule has 174 valence electrons. The van der Waals surface area contributed by atoms with E-state index in [1.54, 1.807) is 4.68 Å². The quantitative estimate of drug-likeness (QED) is 0.310. The van der Waals surface area contributed by atoms with Crippen LogP contribution in [0.3, 0.4) is 0 Å². The Kier molecular flexibility index (Phi) is 6.66. The van der Waals surface area contributed by atoms with Crippen molar-refractivity contribution in [1.29, 1.82) is 0 Å². The van der Waals surface area contributed by atoms with Crippen LogP contribution in [0.2, 0.25) is 0 Å². The summed E-state index contributed by atoms with van der Waals surface area (Å²) in [6.07, 6.45) is 1.84. The van der Waals surface area contributed by atoms with Crippen molar-refractivity contribution in [2.24, 2.45) is 0 Å². The molecule has 3 aromatic heterocycles. The number of morpholine rings is 1. The van der Waals surface area contributed by atoms with Crippen molar-refractivity contribution in [1.82, 2.24) is 24.7 Å². The zero-order valence-electron chi connectivity index (χ0n) is 18.8. The standard InChI is InChI=1S/C21H21ClN6O3.C2H6/c1-13-3-2-4-14(11-13)15-5-6-28(26-15)17-12-16(27-7-9-31-10-8-27)18-19(23-17)25-20(24-18)21(22,29)30;1-2/h2-6,11-12,29-30H,7-10H2,1H3,(H,23,24,25);1-2H3. The Labute approximate surface area is 196 Å². The Bertz CT molecular complexity index is 1240. The highest BCUT2D eigenvalue weighted by Gasteiger charge is 2.29. The number of pyridine rings is 1. The molecule has 9 nitrogen and oxygen atoms in total. The van der Waals surface area contributed by atoms with Gasteiger partial charge in [0.2, 0.25) is 0 Å². The molecule has 0 unspecified atom stereocenters. The molecule has 10 heteroatoms. The fourth-order valence-corrected chi connectivity index (χ4v) is 3.78. The second kappa shape index (κ2) is 9.48. The maximum Gasteiger partial charge on any atom is 0.305 e. The molecule has 0 atom stereocenters. The smallest absolute Gasteiger partial charge is 0.305 e. The van der Waals surface area contributed by atoms with Crippen molar-refractivity contribution in [3.8, 4) is 17.1 Å². The van der Waals surface area contributed by atoms with E-state index in [0.29, 0.717) is 43.3 Å². The average molecular weight is 471 g/mol. The number of aryl methyl sites for hydroxylation is 1. The number of nitrogens with one attached hydrogen (secondary N) is 1. The van der Waals surface area contributed by atoms with E-state index in [4.69, 9.17) is 16.3 Å². The molecule has 1 aliphatic heterocycles. The van der Waals surface area contributed by atoms with E-state index in [-0.39, 0.29) is 5.82 Å². The number of anilines is 1. The molecular weight excluding hydrogens is 444 g/mol. The van der Waals surface area contributed by atoms with E-state index in [2.05, 4.69) is 31.0 Å². The number of rotatable bonds is 4. The largest absolute Gasteiger partial charge is 0.378 e. The third-order valence-electron chi connectivity index (χ3n) is 5.22. The highest BCUT2D eigenvalue weighted by atomic mass is 35.5. The average Bonchev–Trinajstić information content (AvgIpc) is 3.48. The molecule has 1 aliphatic rings. The van der Waals surface area contributed by atoms with Gasteiger partial charge in [0, 0.05) is 30.9 Å². The summed E-state index contributed by atoms with van der Waals surface area (Å²) in [5, 5.41) is 21.6. The van der Waals surface area contributed by atoms with Gasteiger partial charge in [-0.2, -0.15) is 5.10 Å². The number of H-pyrrole nitrogens is 1. The zero-order valence-corrected chi connectivity index (χ0v) is 19.5. The van der Waals surface area contributed by atoms with Crippen molar-refractivity contribution in [3.05, 3.63) is 54.0 Å². The third-order valence-corrected chi connectivity index (χ3v) is 5.40. The summed E-state index contributed by atoms with van der Waals surface area (Å²) in [7, 11) is 0. The van der Waals surface area contributed by atoms with Crippen molar-refractivity contribution < 1.29 is 14.9 Å². The van der Waals surface area contributed by atoms with Gasteiger partial charge in [0.25, 0.3) is 0 Å². The Morgan fingerprint density at radius 1 is 1.09 bits per heavy atom. The predicted molar refractivity (Wildman–Crippen MR) is 128 cm³/mol. The molecule has 33 heavy (non-hydrogen) atoms. The van der Waals surface area contributed by atoms with E-state index in [0.717, 1.165) is 22.5 Å². The number of hydrogen-bond donors (Lipinski definition) is 3. The molecule has 5 rings (SSSR count). The fraction of sp³-hybridized carbons (Fsp3) is 0.348. The molecule has 1 saturated heterocycles. The number of ether oxygens (including phenoxy) is 1. The van der Waals surface area contributed by atoms with Gasteiger partial charge in [-0.25, -0.2) is 14.6 Å². The van der Waals surface area contributed by atoms with Crippen molar-refractivity contribution >= 4 is 28.5 Å². The topological polar surface area (TPSA) is 112 Å². The number of aromatic amines is 1. The monoisotopic (exact) mass is 470 g/mol. The van der Waals surface area contributed by atoms with Crippen LogP contribution in [0.25, 0.3) is 28.2 Å². The summed E-state index contributed by atoms with van der Waals surface area (Å²) in [4.78, 5) is 13.8. The van der Waals surface area contributed by atoms with Crippen LogP contribution in [0, 0.1) is 6.92 Å². The Balaban J connectivity index is 0.00000126. The molecule has 0 spiro atoms. The van der Waals surface area contributed by atoms with Gasteiger partial charge in [0.1, 0.15) is 5.52 Å². The van der Waals surface area contributed by atoms with Gasteiger partial charge in [-0.3, -0.25) is 0 Å². The number of halogens is 1. The molecule has 0 radical (unpaired) electrons. The summed E-state index contributed by atoms with van der Waals surface area (Å²) in [5.41, 5.74) is 4.70. The molecule has 4 aromatic rings. The maximum atomic E-state index is 9.78. The minimum Gasteiger partial charge on any atom is -0.378 e. The van der Waals surface area contributed by atoms with E-state index >= 15 is 0 Å². The lowest BCUT2D eigenvalue weighted by atomic mass is 10.1. The lowest BCUT2D eigenvalue weighted by Crippen LogP contribution is -2.36. The SMILES string of the molecule is CC.Cc1cccc(-c2ccn(-c3cc(N4CCOCC4)c4[nH]c(C(O)(O)Cl)nc4n3)n2)c1. The summed E-state index contributed by atoms with van der Waals surface area (Å²) in [6.45, 7) is 8.60. The van der Waals surface area contributed by atoms with Gasteiger partial charge in [-0.1, -0.05) is 37.6 Å². The highest BCUT2D eigenvalue weighted by molar-refractivity contribution is 6.21. The normalized spacial score (nSPS) is 14.3. The van der Waals surface area contributed by atoms with Gasteiger partial charge in [0.15, 0.2) is 17.3 Å². The van der Waals surface area contributed by atoms with Crippen LogP contribution in [0.5, 0.6) is 0 Å². The molecule has 3 N–H and O–H groups in total. The number of alkyl halides is 1. The Morgan fingerprint density at radius 3 is 2.55 bits per heavy atom. The third kappa shape index (κ3) is 4.86. The second-order valence-corrected chi connectivity index (χ2v) is 8.01. The van der Waals surface area contributed by atoms with Gasteiger partial charge in [-0.15, -0.1) is 0 Å². The van der Waals surface area contributed by atoms with Crippen LogP contribution < -0.4 is 4.90 Å². The minimum atomic E-state index is -2.62. The first-order chi connectivity index (χ1) is 15.9. The van der Waals surface area contributed by atoms with E-state index in [9.17, 15) is 10.2 Å². The lowest BCUT2D eigenvalue weighted by molar-refractivity contribution is -0.0963. The van der Waals surface area contributed by atoms with Crippen molar-refractivity contribution in [3.63, 3.8) is 0 Å². The van der Waals surface area contributed by atoms with Crippen molar-refractivity contribution in [2.75, 3.05) is 31.2 Å². The first kappa shape index (κ1) is 23.2. The number of aliphatic hydroxyl groups is 2. The number of imidazole rings is 1. The fourth-order valence-electron chi connectivity index (χ4n) is 3.69. The second-order valence-electron chi connectivity index (χ2n) is 7.49. The first-order valence-electron chi connectivity index (χ1n) is 10.9. The van der Waals surface area contributed by atoms with Crippen LogP contribution >= 0.6 is 11.6 Å². The van der Waals surface area contributed by atoms with Crippen LogP contribution in [0.15, 0.2) is 42.6 Å². The predicted octanol–water partition coefficient (Wildman–Crippen LogP) is 3.32. The molecule has 0 amide bonds. The number of aromatic nitrogens is 5. The molecular formula is C23H27ClN6O3. The van der Waals surface area contributed by atoms with Crippen LogP contribution in [0.1, 0.15) is 25.2 Å². The Morgan fingerprint density at radius 2 is 1.85 bits per heavy atom. The highest BCUT2D eigenvalue weighted by Crippen LogP contribution is 2.31. The zero-order chi connectivity index (χ0) is 23.6. The first-order valence-corrected chi connectivity index (χ1v) is 11.3. The molecule has 1 fully saturated rings. The van der Waals surface area contributed by atoms with Crippen LogP contribution in [0.4, 0.5) is 5.69 Å². The summed E-state index contributed by atoms with van der Waals surface area (Å²) in [5.74, 6) is 0.367. The van der Waals surface area contributed by atoms with Gasteiger partial charge >= 0.3 is 5.25 Å². The van der Waals surface area contributed by atoms with Gasteiger partial charge < -0.3 is 24.8 Å². The molecule has 0 bridgehead atoms. The van der Waals surface area contributed by atoms with E-state index in [1.807, 2.05) is 57.3 Å². The van der Waals surface area contributed by atoms with Crippen LogP contribution in [-0.2, 0) is 9.98 Å². The number of fused-ring (bicyclic) bond motifs is 1. The van der Waals surface area contributed by atoms with E-state index in [1.165, 1.54) is 0 Å². The van der Waals surface area contributed by atoms with Gasteiger partial charge in [-0.05, 0) is 30.7 Å². The van der Waals surface area contributed by atoms with Gasteiger partial charge in [0.05, 0.1) is 24.6 Å². The summed E-state index contributed by atoms with van der Waals surface area (Å²) < 4.78 is 7.15. The number of hydrogen-bond acceptors (Lipinski definition) is 7. The Hall–Kier alpha value is -2.98. The minimum absolute atomic E-state index is 0.191. The number of benzene rings is 1. The molecule has 1 aromatic carbocycles. The summed E-state index contributed by atoms with van der Waals surface area (Å²) in [6, 6.07) is 11.9. The van der Waals surface area contributed by atoms with Crippen LogP contribution in [-0.4, -0.2) is 61.2 Å². The van der Waals surface area contributed by atoms with Crippen molar-refractivity contribution in [2.45, 2.75) is 26.0 Å².